The number of methoxy groups -OCH3 is 1. The highest BCUT2D eigenvalue weighted by molar-refractivity contribution is 5.84. The van der Waals surface area contributed by atoms with Gasteiger partial charge in [-0.15, -0.1) is 0 Å². The summed E-state index contributed by atoms with van der Waals surface area (Å²) >= 11 is 0. The molecule has 2 aromatic carbocycles. The summed E-state index contributed by atoms with van der Waals surface area (Å²) in [5, 5.41) is 10.5. The molecule has 38 heavy (non-hydrogen) atoms. The van der Waals surface area contributed by atoms with Crippen LogP contribution < -0.4 is 15.0 Å². The van der Waals surface area contributed by atoms with E-state index in [0.717, 1.165) is 46.7 Å². The Morgan fingerprint density at radius 2 is 1.95 bits per heavy atom. The van der Waals surface area contributed by atoms with Crippen molar-refractivity contribution in [3.05, 3.63) is 65.1 Å². The zero-order valence-electron chi connectivity index (χ0n) is 21.5. The Bertz CT molecular complexity index is 1300. The molecule has 7 nitrogen and oxygen atoms in total. The third-order valence-electron chi connectivity index (χ3n) is 7.51. The van der Waals surface area contributed by atoms with Crippen molar-refractivity contribution in [2.45, 2.75) is 39.0 Å². The van der Waals surface area contributed by atoms with E-state index in [1.54, 1.807) is 7.11 Å². The largest absolute Gasteiger partial charge is 0.497 e. The van der Waals surface area contributed by atoms with Crippen LogP contribution in [0.2, 0.25) is 0 Å². The number of likely N-dealkylation sites (tertiary alicyclic amines) is 1. The van der Waals surface area contributed by atoms with Gasteiger partial charge in [-0.3, -0.25) is 19.9 Å². The monoisotopic (exact) mass is 531 g/mol. The van der Waals surface area contributed by atoms with Gasteiger partial charge in [0.2, 0.25) is 11.7 Å². The molecule has 3 aromatic rings. The number of carbonyl (C=O) groups is 1. The smallest absolute Gasteiger partial charge is 0.249 e. The van der Waals surface area contributed by atoms with E-state index in [1.807, 2.05) is 41.7 Å². The quantitative estimate of drug-likeness (QED) is 0.219. The molecule has 0 aliphatic carbocycles. The van der Waals surface area contributed by atoms with Crippen molar-refractivity contribution in [2.75, 3.05) is 33.4 Å². The van der Waals surface area contributed by atoms with Crippen LogP contribution in [0.15, 0.2) is 36.5 Å². The lowest BCUT2D eigenvalue weighted by atomic mass is 9.73. The summed E-state index contributed by atoms with van der Waals surface area (Å²) in [4.78, 5) is 19.3. The molecule has 0 radical (unpaired) electrons. The minimum atomic E-state index is -1.30. The Kier molecular flexibility index (Phi) is 8.73. The molecule has 204 valence electrons. The second kappa shape index (κ2) is 12.0. The van der Waals surface area contributed by atoms with Crippen LogP contribution in [0.1, 0.15) is 36.8 Å². The van der Waals surface area contributed by atoms with Crippen LogP contribution in [0.3, 0.4) is 0 Å². The van der Waals surface area contributed by atoms with Crippen molar-refractivity contribution in [3.8, 4) is 11.5 Å². The number of ether oxygens (including phenoxy) is 2. The molecule has 1 saturated heterocycles. The molecule has 1 aliphatic heterocycles. The number of nitrogens with zero attached hydrogens (tertiary/aromatic N) is 2. The van der Waals surface area contributed by atoms with Crippen LogP contribution in [-0.2, 0) is 11.2 Å². The molecule has 1 aromatic heterocycles. The minimum absolute atomic E-state index is 0.0386. The highest BCUT2D eigenvalue weighted by atomic mass is 19.2. The van der Waals surface area contributed by atoms with Crippen molar-refractivity contribution < 1.29 is 32.6 Å². The molecule has 0 bridgehead atoms. The van der Waals surface area contributed by atoms with E-state index in [2.05, 4.69) is 4.98 Å². The number of fused-ring (bicyclic) bond motifs is 1. The number of benzene rings is 2. The molecule has 2 heterocycles. The zero-order valence-corrected chi connectivity index (χ0v) is 21.5. The average molecular weight is 532 g/mol. The van der Waals surface area contributed by atoms with Crippen molar-refractivity contribution in [2.24, 2.45) is 5.41 Å². The van der Waals surface area contributed by atoms with Gasteiger partial charge in [-0.25, -0.2) is 14.3 Å². The first-order chi connectivity index (χ1) is 18.3. The SMILES string of the molecule is COc1ccc2ncc(C)c(CCCC3(C(=O)NO)CCN(CCOc4cc(F)cc(F)c4F)CC3)c2c1. The molecule has 0 saturated carbocycles. The number of nitrogens with one attached hydrogen (secondary N) is 1. The number of hydrogen-bond donors (Lipinski definition) is 2. The molecule has 4 rings (SSSR count). The molecule has 1 fully saturated rings. The van der Waals surface area contributed by atoms with Crippen molar-refractivity contribution in [1.82, 2.24) is 15.4 Å². The van der Waals surface area contributed by atoms with E-state index in [-0.39, 0.29) is 6.61 Å². The van der Waals surface area contributed by atoms with Crippen LogP contribution in [0.25, 0.3) is 10.9 Å². The topological polar surface area (TPSA) is 83.9 Å². The highest BCUT2D eigenvalue weighted by Crippen LogP contribution is 2.38. The van der Waals surface area contributed by atoms with Gasteiger partial charge in [0.1, 0.15) is 18.2 Å². The van der Waals surface area contributed by atoms with Gasteiger partial charge in [0, 0.05) is 30.3 Å². The number of halogens is 3. The molecule has 1 amide bonds. The van der Waals surface area contributed by atoms with Crippen molar-refractivity contribution in [1.29, 1.82) is 0 Å². The Labute approximate surface area is 219 Å². The first-order valence-corrected chi connectivity index (χ1v) is 12.6. The molecule has 0 atom stereocenters. The summed E-state index contributed by atoms with van der Waals surface area (Å²) in [5.74, 6) is -3.55. The Balaban J connectivity index is 1.36. The number of amides is 1. The first-order valence-electron chi connectivity index (χ1n) is 12.6. The standard InChI is InChI=1S/C28H32F3N3O4/c1-18-17-32-24-6-5-20(37-2)16-22(24)21(18)4-3-7-28(27(35)33-36)8-10-34(11-9-28)12-13-38-25-15-19(29)14-23(30)26(25)31/h5-6,14-17,36H,3-4,7-13H2,1-2H3,(H,33,35). The third-order valence-corrected chi connectivity index (χ3v) is 7.51. The summed E-state index contributed by atoms with van der Waals surface area (Å²) in [7, 11) is 1.62. The van der Waals surface area contributed by atoms with Gasteiger partial charge in [0.25, 0.3) is 0 Å². The molecule has 2 N–H and O–H groups in total. The predicted molar refractivity (Wildman–Crippen MR) is 136 cm³/mol. The van der Waals surface area contributed by atoms with Gasteiger partial charge in [-0.2, -0.15) is 4.39 Å². The van der Waals surface area contributed by atoms with E-state index in [4.69, 9.17) is 9.47 Å². The van der Waals surface area contributed by atoms with Crippen LogP contribution in [0, 0.1) is 29.8 Å². The van der Waals surface area contributed by atoms with E-state index in [0.29, 0.717) is 45.0 Å². The van der Waals surface area contributed by atoms with E-state index < -0.39 is 34.5 Å². The highest BCUT2D eigenvalue weighted by Gasteiger charge is 2.40. The number of aromatic nitrogens is 1. The Morgan fingerprint density at radius 3 is 2.66 bits per heavy atom. The van der Waals surface area contributed by atoms with Gasteiger partial charge in [-0.05, 0) is 81.4 Å². The number of aryl methyl sites for hydroxylation is 2. The summed E-state index contributed by atoms with van der Waals surface area (Å²) in [6.45, 7) is 3.58. The fraction of sp³-hybridized carbons (Fsp3) is 0.429. The maximum absolute atomic E-state index is 13.8. The second-order valence-electron chi connectivity index (χ2n) is 9.77. The molecule has 1 aliphatic rings. The van der Waals surface area contributed by atoms with Crippen LogP contribution in [0.4, 0.5) is 13.2 Å². The van der Waals surface area contributed by atoms with Gasteiger partial charge >= 0.3 is 0 Å². The second-order valence-corrected chi connectivity index (χ2v) is 9.77. The van der Waals surface area contributed by atoms with Gasteiger partial charge in [-0.1, -0.05) is 0 Å². The lowest BCUT2D eigenvalue weighted by Gasteiger charge is -2.40. The molecule has 10 heteroatoms. The van der Waals surface area contributed by atoms with E-state index in [1.165, 1.54) is 0 Å². The maximum atomic E-state index is 13.8. The molecular weight excluding hydrogens is 499 g/mol. The maximum Gasteiger partial charge on any atom is 0.249 e. The molecular formula is C28H32F3N3O4. The third kappa shape index (κ3) is 6.02. The normalized spacial score (nSPS) is 15.4. The summed E-state index contributed by atoms with van der Waals surface area (Å²) in [6.07, 6.45) is 4.96. The van der Waals surface area contributed by atoms with Crippen LogP contribution in [-0.4, -0.2) is 54.3 Å². The van der Waals surface area contributed by atoms with Gasteiger partial charge in [0.05, 0.1) is 18.0 Å². The fourth-order valence-corrected chi connectivity index (χ4v) is 5.22. The lowest BCUT2D eigenvalue weighted by molar-refractivity contribution is -0.143. The number of pyridine rings is 1. The van der Waals surface area contributed by atoms with Gasteiger partial charge in [0.15, 0.2) is 11.6 Å². The Hall–Kier alpha value is -3.37. The van der Waals surface area contributed by atoms with Crippen LogP contribution >= 0.6 is 0 Å². The summed E-state index contributed by atoms with van der Waals surface area (Å²) in [6, 6.07) is 7.06. The van der Waals surface area contributed by atoms with E-state index in [9.17, 15) is 23.2 Å². The van der Waals surface area contributed by atoms with E-state index >= 15 is 0 Å². The fourth-order valence-electron chi connectivity index (χ4n) is 5.22. The number of carbonyl (C=O) groups excluding carboxylic acids is 1. The first kappa shape index (κ1) is 27.7. The van der Waals surface area contributed by atoms with Crippen molar-refractivity contribution >= 4 is 16.8 Å². The number of hydroxylamine groups is 1. The summed E-state index contributed by atoms with van der Waals surface area (Å²) < 4.78 is 51.2. The average Bonchev–Trinajstić information content (AvgIpc) is 2.92. The predicted octanol–water partition coefficient (Wildman–Crippen LogP) is 4.96. The number of rotatable bonds is 10. The zero-order chi connectivity index (χ0) is 27.3. The lowest BCUT2D eigenvalue weighted by Crippen LogP contribution is -2.49. The molecule has 0 unspecified atom stereocenters. The van der Waals surface area contributed by atoms with Crippen LogP contribution in [0.5, 0.6) is 11.5 Å². The summed E-state index contributed by atoms with van der Waals surface area (Å²) in [5.41, 5.74) is 4.23. The minimum Gasteiger partial charge on any atom is -0.497 e. The van der Waals surface area contributed by atoms with Gasteiger partial charge < -0.3 is 9.47 Å². The number of hydrogen-bond acceptors (Lipinski definition) is 6. The Morgan fingerprint density at radius 1 is 1.18 bits per heavy atom. The number of piperidine rings is 1. The van der Waals surface area contributed by atoms with Crippen molar-refractivity contribution in [3.63, 3.8) is 0 Å². The molecule has 0 spiro atoms.